The molecule has 0 radical (unpaired) electrons. The van der Waals surface area contributed by atoms with Crippen LogP contribution in [0.4, 0.5) is 0 Å². The van der Waals surface area contributed by atoms with Gasteiger partial charge >= 0.3 is 5.97 Å². The molecule has 0 spiro atoms. The van der Waals surface area contributed by atoms with Crippen LogP contribution in [0.1, 0.15) is 77.0 Å². The largest absolute Gasteiger partial charge is 0.458 e. The average Bonchev–Trinajstić information content (AvgIpc) is 3.15. The maximum Gasteiger partial charge on any atom is 0.326 e. The Bertz CT molecular complexity index is 845. The highest BCUT2D eigenvalue weighted by atomic mass is 16.6. The number of nitrogens with two attached hydrogens (primary N) is 2. The van der Waals surface area contributed by atoms with Crippen LogP contribution in [0.2, 0.25) is 0 Å². The third kappa shape index (κ3) is 2.90. The molecule has 7 rings (SSSR count). The van der Waals surface area contributed by atoms with E-state index in [1.54, 1.807) is 4.90 Å². The van der Waals surface area contributed by atoms with Gasteiger partial charge in [0.1, 0.15) is 17.2 Å². The van der Waals surface area contributed by atoms with E-state index in [1.807, 2.05) is 0 Å². The number of amides is 1. The molecule has 1 heterocycles. The van der Waals surface area contributed by atoms with Crippen LogP contribution >= 0.6 is 0 Å². The van der Waals surface area contributed by atoms with Crippen molar-refractivity contribution >= 4 is 11.9 Å². The zero-order valence-electron chi connectivity index (χ0n) is 18.2. The molecule has 4 N–H and O–H groups in total. The summed E-state index contributed by atoms with van der Waals surface area (Å²) in [6.07, 6.45) is 10.6. The van der Waals surface area contributed by atoms with Crippen molar-refractivity contribution in [3.63, 3.8) is 0 Å². The molecule has 6 atom stereocenters. The molecule has 7 aliphatic rings. The van der Waals surface area contributed by atoms with E-state index in [2.05, 4.69) is 6.07 Å². The van der Waals surface area contributed by atoms with Crippen LogP contribution in [0.5, 0.6) is 0 Å². The van der Waals surface area contributed by atoms with E-state index in [1.165, 1.54) is 0 Å². The molecule has 0 aromatic carbocycles. The highest BCUT2D eigenvalue weighted by Crippen LogP contribution is 2.64. The van der Waals surface area contributed by atoms with Gasteiger partial charge in [0.05, 0.1) is 12.1 Å². The quantitative estimate of drug-likeness (QED) is 0.663. The van der Waals surface area contributed by atoms with Crippen molar-refractivity contribution < 1.29 is 14.3 Å². The molecule has 6 aliphatic carbocycles. The van der Waals surface area contributed by atoms with Gasteiger partial charge in [-0.15, -0.1) is 0 Å². The first-order valence-corrected chi connectivity index (χ1v) is 12.3. The molecule has 0 aromatic heterocycles. The zero-order valence-corrected chi connectivity index (χ0v) is 18.2. The van der Waals surface area contributed by atoms with Crippen LogP contribution in [-0.2, 0) is 14.3 Å². The molecule has 1 saturated heterocycles. The van der Waals surface area contributed by atoms with Crippen molar-refractivity contribution in [3.05, 3.63) is 0 Å². The van der Waals surface area contributed by atoms with Gasteiger partial charge in [0.15, 0.2) is 0 Å². The predicted molar refractivity (Wildman–Crippen MR) is 112 cm³/mol. The first kappa shape index (κ1) is 20.0. The molecule has 7 heteroatoms. The van der Waals surface area contributed by atoms with Gasteiger partial charge in [0.25, 0.3) is 0 Å². The van der Waals surface area contributed by atoms with Gasteiger partial charge < -0.3 is 21.1 Å². The summed E-state index contributed by atoms with van der Waals surface area (Å²) in [6, 6.07) is 1.58. The van der Waals surface area contributed by atoms with Crippen LogP contribution in [0.3, 0.4) is 0 Å². The lowest BCUT2D eigenvalue weighted by Crippen LogP contribution is -2.66. The minimum atomic E-state index is -0.842. The molecule has 0 aromatic rings. The van der Waals surface area contributed by atoms with E-state index in [9.17, 15) is 14.9 Å². The lowest BCUT2D eigenvalue weighted by atomic mass is 9.46. The Hall–Kier alpha value is -1.65. The number of nitriles is 1. The van der Waals surface area contributed by atoms with Crippen LogP contribution in [0, 0.1) is 34.5 Å². The number of rotatable bonds is 4. The van der Waals surface area contributed by atoms with Gasteiger partial charge in [-0.2, -0.15) is 5.26 Å². The Morgan fingerprint density at radius 3 is 2.39 bits per heavy atom. The summed E-state index contributed by atoms with van der Waals surface area (Å²) in [5.74, 6) is 1.09. The number of hydrogen-bond acceptors (Lipinski definition) is 6. The van der Waals surface area contributed by atoms with Crippen LogP contribution in [-0.4, -0.2) is 46.0 Å². The summed E-state index contributed by atoms with van der Waals surface area (Å²) in [5.41, 5.74) is 11.5. The summed E-state index contributed by atoms with van der Waals surface area (Å²) in [6.45, 7) is 0. The Morgan fingerprint density at radius 1 is 1.06 bits per heavy atom. The third-order valence-electron chi connectivity index (χ3n) is 9.70. The van der Waals surface area contributed by atoms with Gasteiger partial charge in [0, 0.05) is 6.04 Å². The van der Waals surface area contributed by atoms with Crippen molar-refractivity contribution in [2.24, 2.45) is 34.6 Å². The van der Waals surface area contributed by atoms with E-state index in [0.717, 1.165) is 57.8 Å². The predicted octanol–water partition coefficient (Wildman–Crippen LogP) is 1.98. The minimum Gasteiger partial charge on any atom is -0.458 e. The second kappa shape index (κ2) is 6.45. The minimum absolute atomic E-state index is 0.0499. The first-order chi connectivity index (χ1) is 14.8. The van der Waals surface area contributed by atoms with Crippen molar-refractivity contribution in [3.8, 4) is 6.07 Å². The van der Waals surface area contributed by atoms with Gasteiger partial charge in [-0.05, 0) is 87.4 Å². The van der Waals surface area contributed by atoms with Crippen LogP contribution in [0.15, 0.2) is 0 Å². The highest BCUT2D eigenvalue weighted by molar-refractivity contribution is 5.85. The Labute approximate surface area is 183 Å². The molecular weight excluding hydrogens is 392 g/mol. The molecule has 7 nitrogen and oxygen atoms in total. The fourth-order valence-corrected chi connectivity index (χ4v) is 8.55. The van der Waals surface area contributed by atoms with Gasteiger partial charge in [-0.1, -0.05) is 12.8 Å². The number of piperidine rings is 1. The number of hydrogen-bond donors (Lipinski definition) is 2. The lowest BCUT2D eigenvalue weighted by Gasteiger charge is -2.62. The molecule has 4 bridgehead atoms. The number of carbonyl (C=O) groups excluding carboxylic acids is 2. The zero-order chi connectivity index (χ0) is 21.6. The third-order valence-corrected chi connectivity index (χ3v) is 9.70. The lowest BCUT2D eigenvalue weighted by molar-refractivity contribution is -0.210. The average molecular weight is 427 g/mol. The van der Waals surface area contributed by atoms with Crippen LogP contribution < -0.4 is 11.5 Å². The van der Waals surface area contributed by atoms with E-state index in [-0.39, 0.29) is 29.4 Å². The van der Waals surface area contributed by atoms with E-state index < -0.39 is 17.2 Å². The number of likely N-dealkylation sites (tertiary alicyclic amines) is 1. The van der Waals surface area contributed by atoms with Crippen molar-refractivity contribution in [2.75, 3.05) is 0 Å². The van der Waals surface area contributed by atoms with E-state index in [4.69, 9.17) is 16.2 Å². The van der Waals surface area contributed by atoms with Gasteiger partial charge in [0.2, 0.25) is 5.91 Å². The van der Waals surface area contributed by atoms with Crippen molar-refractivity contribution in [1.82, 2.24) is 4.90 Å². The second-order valence-electron chi connectivity index (χ2n) is 11.9. The number of fused-ring (bicyclic) bond motifs is 1. The first-order valence-electron chi connectivity index (χ1n) is 12.3. The molecule has 168 valence electrons. The van der Waals surface area contributed by atoms with E-state index in [0.29, 0.717) is 37.0 Å². The molecule has 7 fully saturated rings. The smallest absolute Gasteiger partial charge is 0.326 e. The summed E-state index contributed by atoms with van der Waals surface area (Å²) in [5, 5.41) is 9.55. The van der Waals surface area contributed by atoms with Crippen LogP contribution in [0.25, 0.3) is 0 Å². The molecule has 1 amide bonds. The molecule has 1 aliphatic heterocycles. The summed E-state index contributed by atoms with van der Waals surface area (Å²) >= 11 is 0. The standard InChI is InChI=1S/C24H34N4O3/c25-12-17-6-16-7-18(16)28(17)20(29)19(26)22-8-14-5-15(9-22)11-23(10-14,13-22)31-21(30)24(27)3-1-2-4-24/h14-19H,1-11,13,26-27H2. The van der Waals surface area contributed by atoms with Crippen molar-refractivity contribution in [1.29, 1.82) is 5.26 Å². The Morgan fingerprint density at radius 2 is 1.74 bits per heavy atom. The topological polar surface area (TPSA) is 122 Å². The Balaban J connectivity index is 1.25. The van der Waals surface area contributed by atoms with Gasteiger partial charge in [-0.3, -0.25) is 9.59 Å². The maximum absolute atomic E-state index is 13.6. The SMILES string of the molecule is N#CC1CC2CC2N1C(=O)C(N)C12CC3CC(CC(OC(=O)C4(N)CCCC4)(C3)C1)C2. The number of nitrogens with zero attached hydrogens (tertiary/aromatic N) is 2. The molecule has 6 saturated carbocycles. The normalized spacial score (nSPS) is 47.0. The van der Waals surface area contributed by atoms with E-state index >= 15 is 0 Å². The number of carbonyl (C=O) groups is 2. The Kier molecular flexibility index (Phi) is 4.16. The second-order valence-corrected chi connectivity index (χ2v) is 11.9. The molecular formula is C24H34N4O3. The summed E-state index contributed by atoms with van der Waals surface area (Å²) < 4.78 is 6.29. The fraction of sp³-hybridized carbons (Fsp3) is 0.875. The maximum atomic E-state index is 13.6. The highest BCUT2D eigenvalue weighted by Gasteiger charge is 2.64. The fourth-order valence-electron chi connectivity index (χ4n) is 8.55. The summed E-state index contributed by atoms with van der Waals surface area (Å²) in [7, 11) is 0. The molecule has 31 heavy (non-hydrogen) atoms. The van der Waals surface area contributed by atoms with Crippen molar-refractivity contribution in [2.45, 2.75) is 106 Å². The molecule has 6 unspecified atom stereocenters. The monoisotopic (exact) mass is 426 g/mol. The number of esters is 1. The summed E-state index contributed by atoms with van der Waals surface area (Å²) in [4.78, 5) is 28.5. The van der Waals surface area contributed by atoms with Gasteiger partial charge in [-0.25, -0.2) is 0 Å². The number of ether oxygens (including phenoxy) is 1.